The summed E-state index contributed by atoms with van der Waals surface area (Å²) in [5, 5.41) is 7.66. The molecule has 0 saturated heterocycles. The van der Waals surface area contributed by atoms with Crippen molar-refractivity contribution < 1.29 is 13.2 Å². The van der Waals surface area contributed by atoms with Crippen LogP contribution in [0.25, 0.3) is 22.3 Å². The van der Waals surface area contributed by atoms with Crippen molar-refractivity contribution in [3.63, 3.8) is 0 Å². The first-order valence-electron chi connectivity index (χ1n) is 8.16. The predicted molar refractivity (Wildman–Crippen MR) is 93.2 cm³/mol. The molecule has 0 aliphatic heterocycles. The number of fused-ring (bicyclic) bond motifs is 1. The van der Waals surface area contributed by atoms with Gasteiger partial charge in [0.15, 0.2) is 5.65 Å². The smallest absolute Gasteiger partial charge is 0.330 e. The Balaban J connectivity index is 1.90. The zero-order chi connectivity index (χ0) is 19.3. The molecule has 27 heavy (non-hydrogen) atoms. The maximum absolute atomic E-state index is 14.5. The Morgan fingerprint density at radius 1 is 1.19 bits per heavy atom. The van der Waals surface area contributed by atoms with E-state index in [2.05, 4.69) is 15.2 Å². The lowest BCUT2D eigenvalue weighted by molar-refractivity contribution is 0.453. The molecule has 0 unspecified atom stereocenters. The van der Waals surface area contributed by atoms with Crippen molar-refractivity contribution in [2.45, 2.75) is 20.4 Å². The molecule has 1 aromatic carbocycles. The van der Waals surface area contributed by atoms with Crippen molar-refractivity contribution in [1.82, 2.24) is 24.3 Å². The number of halogens is 2. The molecule has 0 N–H and O–H groups in total. The molecule has 3 aromatic heterocycles. The van der Waals surface area contributed by atoms with Gasteiger partial charge in [-0.25, -0.2) is 18.6 Å². The van der Waals surface area contributed by atoms with E-state index in [9.17, 15) is 13.6 Å². The second-order valence-electron chi connectivity index (χ2n) is 6.24. The van der Waals surface area contributed by atoms with Gasteiger partial charge in [0.2, 0.25) is 11.8 Å². The van der Waals surface area contributed by atoms with E-state index in [1.807, 2.05) is 0 Å². The predicted octanol–water partition coefficient (Wildman–Crippen LogP) is 2.73. The molecule has 3 heterocycles. The third-order valence-corrected chi connectivity index (χ3v) is 4.47. The quantitative estimate of drug-likeness (QED) is 0.553. The minimum atomic E-state index is -0.659. The maximum atomic E-state index is 14.5. The van der Waals surface area contributed by atoms with Crippen LogP contribution in [0.2, 0.25) is 0 Å². The van der Waals surface area contributed by atoms with E-state index < -0.39 is 11.6 Å². The summed E-state index contributed by atoms with van der Waals surface area (Å²) in [6.45, 7) is 3.09. The number of imidazole rings is 1. The molecule has 138 valence electrons. The maximum Gasteiger partial charge on any atom is 0.330 e. The third-order valence-electron chi connectivity index (χ3n) is 4.47. The second-order valence-corrected chi connectivity index (χ2v) is 6.24. The summed E-state index contributed by atoms with van der Waals surface area (Å²) in [6, 6.07) is 4.20. The number of hydrogen-bond donors (Lipinski definition) is 0. The minimum Gasteiger partial charge on any atom is -0.424 e. The molecule has 0 spiro atoms. The third kappa shape index (κ3) is 2.71. The molecule has 4 rings (SSSR count). The summed E-state index contributed by atoms with van der Waals surface area (Å²) in [4.78, 5) is 16.9. The largest absolute Gasteiger partial charge is 0.424 e. The number of benzene rings is 1. The number of aromatic nitrogens is 5. The second kappa shape index (κ2) is 6.11. The van der Waals surface area contributed by atoms with Crippen LogP contribution in [-0.2, 0) is 13.6 Å². The van der Waals surface area contributed by atoms with Crippen LogP contribution in [0.3, 0.4) is 0 Å². The molecule has 7 nitrogen and oxygen atoms in total. The Morgan fingerprint density at radius 2 is 1.96 bits per heavy atom. The highest BCUT2D eigenvalue weighted by Gasteiger charge is 2.18. The number of hydrogen-bond acceptors (Lipinski definition) is 5. The van der Waals surface area contributed by atoms with Gasteiger partial charge in [-0.2, -0.15) is 0 Å². The first-order chi connectivity index (χ1) is 12.9. The fourth-order valence-electron chi connectivity index (χ4n) is 3.00. The fourth-order valence-corrected chi connectivity index (χ4v) is 3.00. The van der Waals surface area contributed by atoms with Gasteiger partial charge in [-0.05, 0) is 25.1 Å². The highest BCUT2D eigenvalue weighted by Crippen LogP contribution is 2.28. The van der Waals surface area contributed by atoms with E-state index in [-0.39, 0.29) is 29.3 Å². The van der Waals surface area contributed by atoms with Crippen molar-refractivity contribution in [1.29, 1.82) is 0 Å². The van der Waals surface area contributed by atoms with Crippen LogP contribution in [-0.4, -0.2) is 24.3 Å². The van der Waals surface area contributed by atoms with Gasteiger partial charge in [-0.1, -0.05) is 0 Å². The summed E-state index contributed by atoms with van der Waals surface area (Å²) in [5.74, 6) is -0.612. The molecule has 0 fully saturated rings. The van der Waals surface area contributed by atoms with Crippen LogP contribution in [0, 0.1) is 25.5 Å². The fraction of sp³-hybridized carbons (Fsp3) is 0.222. The Hall–Kier alpha value is -3.36. The Labute approximate surface area is 151 Å². The number of rotatable bonds is 3. The normalized spacial score (nSPS) is 11.4. The monoisotopic (exact) mass is 371 g/mol. The van der Waals surface area contributed by atoms with Gasteiger partial charge < -0.3 is 4.42 Å². The average molecular weight is 371 g/mol. The van der Waals surface area contributed by atoms with Gasteiger partial charge in [0.05, 0.1) is 5.52 Å². The molecular formula is C18H15F2N5O2. The lowest BCUT2D eigenvalue weighted by Gasteiger charge is -2.07. The van der Waals surface area contributed by atoms with E-state index >= 15 is 0 Å². The van der Waals surface area contributed by atoms with Gasteiger partial charge in [0, 0.05) is 36.9 Å². The molecule has 0 saturated carbocycles. The lowest BCUT2D eigenvalue weighted by Crippen LogP contribution is -2.22. The van der Waals surface area contributed by atoms with Crippen molar-refractivity contribution in [3.05, 3.63) is 63.9 Å². The van der Waals surface area contributed by atoms with Crippen molar-refractivity contribution in [3.8, 4) is 11.1 Å². The molecular weight excluding hydrogens is 356 g/mol. The number of pyridine rings is 1. The molecule has 0 radical (unpaired) electrons. The van der Waals surface area contributed by atoms with Crippen LogP contribution >= 0.6 is 0 Å². The molecule has 0 aliphatic rings. The molecule has 9 heteroatoms. The summed E-state index contributed by atoms with van der Waals surface area (Å²) in [6.07, 6.45) is 1.46. The van der Waals surface area contributed by atoms with Crippen molar-refractivity contribution in [2.24, 2.45) is 7.05 Å². The number of nitrogens with zero attached hydrogens (tertiary/aromatic N) is 5. The van der Waals surface area contributed by atoms with Gasteiger partial charge >= 0.3 is 5.69 Å². The Bertz CT molecular complexity index is 1240. The van der Waals surface area contributed by atoms with Crippen LogP contribution < -0.4 is 5.69 Å². The highest BCUT2D eigenvalue weighted by molar-refractivity contribution is 5.79. The van der Waals surface area contributed by atoms with Crippen LogP contribution in [0.1, 0.15) is 17.3 Å². The van der Waals surface area contributed by atoms with E-state index in [4.69, 9.17) is 4.42 Å². The van der Waals surface area contributed by atoms with Gasteiger partial charge in [-0.3, -0.25) is 9.13 Å². The van der Waals surface area contributed by atoms with Crippen LogP contribution in [0.15, 0.2) is 33.6 Å². The van der Waals surface area contributed by atoms with Crippen LogP contribution in [0.4, 0.5) is 8.78 Å². The summed E-state index contributed by atoms with van der Waals surface area (Å²) in [5.41, 5.74) is 1.17. The molecule has 0 bridgehead atoms. The van der Waals surface area contributed by atoms with Gasteiger partial charge in [0.1, 0.15) is 18.2 Å². The Morgan fingerprint density at radius 3 is 2.67 bits per heavy atom. The molecule has 0 atom stereocenters. The van der Waals surface area contributed by atoms with Crippen LogP contribution in [0.5, 0.6) is 0 Å². The highest BCUT2D eigenvalue weighted by atomic mass is 19.1. The zero-order valence-electron chi connectivity index (χ0n) is 14.8. The average Bonchev–Trinajstić information content (AvgIpc) is 3.16. The standard InChI is InChI=1S/C18H15F2N5O2/c1-9-13(19)5-4-12(16(9)20)11-6-14-17(21-7-11)24(3)18(26)25(14)8-15-23-22-10(2)27-15/h4-7H,8H2,1-3H3. The Kier molecular flexibility index (Phi) is 3.87. The van der Waals surface area contributed by atoms with Crippen molar-refractivity contribution >= 4 is 11.2 Å². The molecule has 4 aromatic rings. The molecule has 0 amide bonds. The molecule has 0 aliphatic carbocycles. The topological polar surface area (TPSA) is 78.7 Å². The van der Waals surface area contributed by atoms with E-state index in [0.717, 1.165) is 0 Å². The first kappa shape index (κ1) is 17.1. The van der Waals surface area contributed by atoms with Gasteiger partial charge in [0.25, 0.3) is 0 Å². The van der Waals surface area contributed by atoms with E-state index in [1.54, 1.807) is 20.0 Å². The SMILES string of the molecule is Cc1nnc(Cn2c(=O)n(C)c3ncc(-c4ccc(F)c(C)c4F)cc32)o1. The van der Waals surface area contributed by atoms with Crippen molar-refractivity contribution in [2.75, 3.05) is 0 Å². The summed E-state index contributed by atoms with van der Waals surface area (Å²) < 4.78 is 36.2. The lowest BCUT2D eigenvalue weighted by atomic mass is 10.0. The first-order valence-corrected chi connectivity index (χ1v) is 8.16. The zero-order valence-corrected chi connectivity index (χ0v) is 14.8. The number of aryl methyl sites for hydroxylation is 2. The van der Waals surface area contributed by atoms with E-state index in [1.165, 1.54) is 34.4 Å². The van der Waals surface area contributed by atoms with Gasteiger partial charge in [-0.15, -0.1) is 10.2 Å². The minimum absolute atomic E-state index is 0.0626. The summed E-state index contributed by atoms with van der Waals surface area (Å²) in [7, 11) is 1.59. The summed E-state index contributed by atoms with van der Waals surface area (Å²) >= 11 is 0. The van der Waals surface area contributed by atoms with E-state index in [0.29, 0.717) is 22.6 Å².